The molecule has 1 saturated heterocycles. The molecule has 0 radical (unpaired) electrons. The Labute approximate surface area is 79.2 Å². The maximum Gasteiger partial charge on any atom is 0.0933 e. The molecule has 0 bridgehead atoms. The van der Waals surface area contributed by atoms with Gasteiger partial charge < -0.3 is 19.9 Å². The van der Waals surface area contributed by atoms with Crippen molar-refractivity contribution in [1.82, 2.24) is 5.32 Å². The topological polar surface area (TPSA) is 50.7 Å². The first-order valence-electron chi connectivity index (χ1n) is 4.81. The van der Waals surface area contributed by atoms with Crippen LogP contribution in [0.15, 0.2) is 0 Å². The molecule has 0 spiro atoms. The van der Waals surface area contributed by atoms with Crippen molar-refractivity contribution in [2.45, 2.75) is 32.1 Å². The van der Waals surface area contributed by atoms with Gasteiger partial charge in [-0.05, 0) is 13.8 Å². The first-order valence-corrected chi connectivity index (χ1v) is 4.81. The Bertz CT molecular complexity index is 135. The van der Waals surface area contributed by atoms with Crippen LogP contribution in [0, 0.1) is 0 Å². The second-order valence-electron chi connectivity index (χ2n) is 3.51. The zero-order chi connectivity index (χ0) is 9.68. The van der Waals surface area contributed by atoms with E-state index in [0.717, 1.165) is 6.54 Å². The van der Waals surface area contributed by atoms with Gasteiger partial charge in [-0.3, -0.25) is 0 Å². The molecule has 78 valence electrons. The van der Waals surface area contributed by atoms with E-state index in [4.69, 9.17) is 9.47 Å². The lowest BCUT2D eigenvalue weighted by Gasteiger charge is -2.25. The second kappa shape index (κ2) is 5.54. The summed E-state index contributed by atoms with van der Waals surface area (Å²) in [6.07, 6.45) is -0.195. The fourth-order valence-corrected chi connectivity index (χ4v) is 1.14. The van der Waals surface area contributed by atoms with Gasteiger partial charge in [0.2, 0.25) is 0 Å². The van der Waals surface area contributed by atoms with Crippen molar-refractivity contribution in [1.29, 1.82) is 0 Å². The zero-order valence-corrected chi connectivity index (χ0v) is 8.32. The van der Waals surface area contributed by atoms with Crippen molar-refractivity contribution < 1.29 is 14.6 Å². The number of aliphatic hydroxyl groups is 1. The molecule has 0 amide bonds. The fourth-order valence-electron chi connectivity index (χ4n) is 1.14. The molecule has 4 nitrogen and oxygen atoms in total. The Morgan fingerprint density at radius 3 is 2.77 bits per heavy atom. The minimum Gasteiger partial charge on any atom is -0.392 e. The highest BCUT2D eigenvalue weighted by molar-refractivity contribution is 4.71. The molecule has 0 aromatic carbocycles. The first kappa shape index (κ1) is 10.9. The van der Waals surface area contributed by atoms with E-state index in [-0.39, 0.29) is 18.2 Å². The molecule has 4 heteroatoms. The normalized spacial score (nSPS) is 28.4. The zero-order valence-electron chi connectivity index (χ0n) is 8.32. The molecule has 1 heterocycles. The van der Waals surface area contributed by atoms with Crippen molar-refractivity contribution in [3.05, 3.63) is 0 Å². The standard InChI is InChI=1S/C9H19NO3/c1-7(8(2)11)10-5-9-6-12-3-4-13-9/h7-11H,3-6H2,1-2H3. The van der Waals surface area contributed by atoms with Gasteiger partial charge in [0, 0.05) is 12.6 Å². The summed E-state index contributed by atoms with van der Waals surface area (Å²) in [6.45, 7) is 6.49. The van der Waals surface area contributed by atoms with E-state index in [1.807, 2.05) is 6.92 Å². The van der Waals surface area contributed by atoms with Crippen LogP contribution < -0.4 is 5.32 Å². The molecular formula is C9H19NO3. The van der Waals surface area contributed by atoms with Crippen LogP contribution in [0.25, 0.3) is 0 Å². The molecule has 0 aromatic heterocycles. The molecule has 13 heavy (non-hydrogen) atoms. The minimum atomic E-state index is -0.329. The van der Waals surface area contributed by atoms with Crippen molar-refractivity contribution in [2.24, 2.45) is 0 Å². The highest BCUT2D eigenvalue weighted by Crippen LogP contribution is 2.00. The summed E-state index contributed by atoms with van der Waals surface area (Å²) >= 11 is 0. The van der Waals surface area contributed by atoms with E-state index in [0.29, 0.717) is 19.8 Å². The molecule has 0 aliphatic carbocycles. The third kappa shape index (κ3) is 4.04. The number of rotatable bonds is 4. The van der Waals surface area contributed by atoms with Gasteiger partial charge in [-0.1, -0.05) is 0 Å². The molecule has 1 aliphatic rings. The van der Waals surface area contributed by atoms with E-state index in [9.17, 15) is 5.11 Å². The van der Waals surface area contributed by atoms with Crippen molar-refractivity contribution >= 4 is 0 Å². The van der Waals surface area contributed by atoms with Crippen LogP contribution in [0.5, 0.6) is 0 Å². The van der Waals surface area contributed by atoms with Crippen molar-refractivity contribution in [3.63, 3.8) is 0 Å². The molecule has 1 rings (SSSR count). The van der Waals surface area contributed by atoms with E-state index in [2.05, 4.69) is 5.32 Å². The van der Waals surface area contributed by atoms with Crippen LogP contribution >= 0.6 is 0 Å². The molecule has 3 atom stereocenters. The van der Waals surface area contributed by atoms with E-state index < -0.39 is 0 Å². The van der Waals surface area contributed by atoms with Gasteiger partial charge in [0.25, 0.3) is 0 Å². The Balaban J connectivity index is 2.10. The highest BCUT2D eigenvalue weighted by Gasteiger charge is 2.16. The van der Waals surface area contributed by atoms with Gasteiger partial charge >= 0.3 is 0 Å². The lowest BCUT2D eigenvalue weighted by Crippen LogP contribution is -2.44. The molecule has 2 N–H and O–H groups in total. The maximum absolute atomic E-state index is 9.22. The van der Waals surface area contributed by atoms with Gasteiger partial charge in [0.05, 0.1) is 32.0 Å². The van der Waals surface area contributed by atoms with E-state index in [1.54, 1.807) is 6.92 Å². The van der Waals surface area contributed by atoms with Crippen LogP contribution in [0.1, 0.15) is 13.8 Å². The van der Waals surface area contributed by atoms with Crippen LogP contribution in [0.4, 0.5) is 0 Å². The third-order valence-corrected chi connectivity index (χ3v) is 2.28. The van der Waals surface area contributed by atoms with Gasteiger partial charge in [-0.2, -0.15) is 0 Å². The monoisotopic (exact) mass is 189 g/mol. The minimum absolute atomic E-state index is 0.102. The summed E-state index contributed by atoms with van der Waals surface area (Å²) in [4.78, 5) is 0. The average molecular weight is 189 g/mol. The van der Waals surface area contributed by atoms with Crippen LogP contribution in [-0.2, 0) is 9.47 Å². The van der Waals surface area contributed by atoms with E-state index >= 15 is 0 Å². The van der Waals surface area contributed by atoms with Crippen LogP contribution in [0.3, 0.4) is 0 Å². The van der Waals surface area contributed by atoms with Crippen LogP contribution in [0.2, 0.25) is 0 Å². The number of ether oxygens (including phenoxy) is 2. The predicted molar refractivity (Wildman–Crippen MR) is 49.7 cm³/mol. The molecule has 1 fully saturated rings. The average Bonchev–Trinajstić information content (AvgIpc) is 2.15. The fraction of sp³-hybridized carbons (Fsp3) is 1.00. The van der Waals surface area contributed by atoms with Crippen molar-refractivity contribution in [2.75, 3.05) is 26.4 Å². The second-order valence-corrected chi connectivity index (χ2v) is 3.51. The summed E-state index contributed by atoms with van der Waals surface area (Å²) in [7, 11) is 0. The lowest BCUT2D eigenvalue weighted by molar-refractivity contribution is -0.0877. The maximum atomic E-state index is 9.22. The molecule has 0 aromatic rings. The summed E-state index contributed by atoms with van der Waals surface area (Å²) < 4.78 is 10.7. The third-order valence-electron chi connectivity index (χ3n) is 2.28. The Morgan fingerprint density at radius 1 is 1.46 bits per heavy atom. The largest absolute Gasteiger partial charge is 0.392 e. The van der Waals surface area contributed by atoms with E-state index in [1.165, 1.54) is 0 Å². The SMILES string of the molecule is CC(O)C(C)NCC1COCCO1. The smallest absolute Gasteiger partial charge is 0.0933 e. The Morgan fingerprint density at radius 2 is 2.23 bits per heavy atom. The van der Waals surface area contributed by atoms with Gasteiger partial charge in [0.1, 0.15) is 0 Å². The molecule has 0 saturated carbocycles. The Kier molecular flexibility index (Phi) is 4.66. The Hall–Kier alpha value is -0.160. The number of hydrogen-bond acceptors (Lipinski definition) is 4. The van der Waals surface area contributed by atoms with Gasteiger partial charge in [-0.15, -0.1) is 0 Å². The molecule has 3 unspecified atom stereocenters. The summed E-state index contributed by atoms with van der Waals surface area (Å²) in [6, 6.07) is 0.102. The van der Waals surface area contributed by atoms with Crippen molar-refractivity contribution in [3.8, 4) is 0 Å². The lowest BCUT2D eigenvalue weighted by atomic mass is 10.2. The number of aliphatic hydroxyl groups excluding tert-OH is 1. The summed E-state index contributed by atoms with van der Waals surface area (Å²) in [5.74, 6) is 0. The van der Waals surface area contributed by atoms with Gasteiger partial charge in [0.15, 0.2) is 0 Å². The quantitative estimate of drug-likeness (QED) is 0.641. The highest BCUT2D eigenvalue weighted by atomic mass is 16.6. The number of hydrogen-bond donors (Lipinski definition) is 2. The first-order chi connectivity index (χ1) is 6.20. The molecular weight excluding hydrogens is 170 g/mol. The predicted octanol–water partition coefficient (Wildman–Crippen LogP) is -0.239. The van der Waals surface area contributed by atoms with Crippen LogP contribution in [-0.4, -0.2) is 49.7 Å². The summed E-state index contributed by atoms with van der Waals surface area (Å²) in [5, 5.41) is 12.4. The number of nitrogens with one attached hydrogen (secondary N) is 1. The molecule has 1 aliphatic heterocycles. The summed E-state index contributed by atoms with van der Waals surface area (Å²) in [5.41, 5.74) is 0. The van der Waals surface area contributed by atoms with Gasteiger partial charge in [-0.25, -0.2) is 0 Å².